The summed E-state index contributed by atoms with van der Waals surface area (Å²) < 4.78 is 5.34. The predicted molar refractivity (Wildman–Crippen MR) is 56.1 cm³/mol. The average Bonchev–Trinajstić information content (AvgIpc) is 2.83. The minimum absolute atomic E-state index is 0.0106. The second-order valence-electron chi connectivity index (χ2n) is 3.16. The number of thiazole rings is 1. The standard InChI is InChI=1S/C9H9N3O3S/c1-5-8(16-4-10-5)9-12-11-6(15-9)2-3-7(13)14/h4H,2-3H2,1H3,(H,13,14). The molecule has 0 saturated heterocycles. The van der Waals surface area contributed by atoms with Gasteiger partial charge < -0.3 is 9.52 Å². The van der Waals surface area contributed by atoms with Gasteiger partial charge in [0.2, 0.25) is 5.89 Å². The summed E-state index contributed by atoms with van der Waals surface area (Å²) in [6.45, 7) is 1.85. The minimum Gasteiger partial charge on any atom is -0.481 e. The lowest BCUT2D eigenvalue weighted by atomic mass is 10.3. The van der Waals surface area contributed by atoms with E-state index >= 15 is 0 Å². The van der Waals surface area contributed by atoms with Crippen molar-refractivity contribution in [3.63, 3.8) is 0 Å². The first-order valence-electron chi connectivity index (χ1n) is 4.61. The van der Waals surface area contributed by atoms with Crippen molar-refractivity contribution in [1.82, 2.24) is 15.2 Å². The molecular formula is C9H9N3O3S. The Morgan fingerprint density at radius 3 is 3.00 bits per heavy atom. The Hall–Kier alpha value is -1.76. The van der Waals surface area contributed by atoms with E-state index in [9.17, 15) is 4.79 Å². The van der Waals surface area contributed by atoms with Gasteiger partial charge in [-0.1, -0.05) is 0 Å². The van der Waals surface area contributed by atoms with E-state index in [0.717, 1.165) is 10.6 Å². The first-order chi connectivity index (χ1) is 7.66. The molecule has 0 spiro atoms. The van der Waals surface area contributed by atoms with E-state index in [4.69, 9.17) is 9.52 Å². The van der Waals surface area contributed by atoms with Crippen LogP contribution in [0.3, 0.4) is 0 Å². The predicted octanol–water partition coefficient (Wildman–Crippen LogP) is 1.52. The number of carbonyl (C=O) groups is 1. The van der Waals surface area contributed by atoms with Gasteiger partial charge in [0.15, 0.2) is 0 Å². The van der Waals surface area contributed by atoms with Crippen LogP contribution < -0.4 is 0 Å². The van der Waals surface area contributed by atoms with Crippen LogP contribution >= 0.6 is 11.3 Å². The second-order valence-corrected chi connectivity index (χ2v) is 4.02. The van der Waals surface area contributed by atoms with Crippen molar-refractivity contribution in [2.75, 3.05) is 0 Å². The average molecular weight is 239 g/mol. The largest absolute Gasteiger partial charge is 0.481 e. The van der Waals surface area contributed by atoms with Crippen molar-refractivity contribution in [3.8, 4) is 10.8 Å². The van der Waals surface area contributed by atoms with Crippen molar-refractivity contribution in [1.29, 1.82) is 0 Å². The molecule has 0 bridgehead atoms. The fourth-order valence-corrected chi connectivity index (χ4v) is 1.89. The monoisotopic (exact) mass is 239 g/mol. The van der Waals surface area contributed by atoms with E-state index in [1.807, 2.05) is 6.92 Å². The van der Waals surface area contributed by atoms with Crippen LogP contribution in [0.2, 0.25) is 0 Å². The molecule has 84 valence electrons. The highest BCUT2D eigenvalue weighted by Gasteiger charge is 2.13. The number of hydrogen-bond acceptors (Lipinski definition) is 6. The highest BCUT2D eigenvalue weighted by molar-refractivity contribution is 7.13. The van der Waals surface area contributed by atoms with Gasteiger partial charge in [0.1, 0.15) is 4.88 Å². The molecule has 2 aromatic rings. The van der Waals surface area contributed by atoms with E-state index in [1.54, 1.807) is 5.51 Å². The second kappa shape index (κ2) is 4.40. The molecule has 2 rings (SSSR count). The number of nitrogens with zero attached hydrogens (tertiary/aromatic N) is 3. The summed E-state index contributed by atoms with van der Waals surface area (Å²) >= 11 is 1.42. The number of aliphatic carboxylic acids is 1. The van der Waals surface area contributed by atoms with Crippen molar-refractivity contribution in [2.45, 2.75) is 19.8 Å². The van der Waals surface area contributed by atoms with Gasteiger partial charge >= 0.3 is 5.97 Å². The Morgan fingerprint density at radius 1 is 1.56 bits per heavy atom. The maximum Gasteiger partial charge on any atom is 0.303 e. The summed E-state index contributed by atoms with van der Waals surface area (Å²) in [4.78, 5) is 15.3. The Labute approximate surface area is 95.0 Å². The van der Waals surface area contributed by atoms with Crippen LogP contribution in [0.25, 0.3) is 10.8 Å². The van der Waals surface area contributed by atoms with E-state index in [1.165, 1.54) is 11.3 Å². The normalized spacial score (nSPS) is 10.6. The van der Waals surface area contributed by atoms with Crippen LogP contribution in [0.4, 0.5) is 0 Å². The number of carboxylic acid groups (broad SMARTS) is 1. The molecule has 0 saturated carbocycles. The summed E-state index contributed by atoms with van der Waals surface area (Å²) in [7, 11) is 0. The number of aryl methyl sites for hydroxylation is 2. The molecule has 0 amide bonds. The lowest BCUT2D eigenvalue weighted by molar-refractivity contribution is -0.137. The topological polar surface area (TPSA) is 89.1 Å². The third kappa shape index (κ3) is 2.25. The molecule has 0 aromatic carbocycles. The van der Waals surface area contributed by atoms with Gasteiger partial charge in [-0.15, -0.1) is 21.5 Å². The molecule has 0 atom stereocenters. The van der Waals surface area contributed by atoms with Gasteiger partial charge in [0, 0.05) is 6.42 Å². The third-order valence-corrected chi connectivity index (χ3v) is 2.88. The zero-order chi connectivity index (χ0) is 11.5. The molecule has 0 aliphatic heterocycles. The number of aromatic nitrogens is 3. The zero-order valence-electron chi connectivity index (χ0n) is 8.51. The summed E-state index contributed by atoms with van der Waals surface area (Å²) in [5.74, 6) is -0.140. The zero-order valence-corrected chi connectivity index (χ0v) is 9.32. The summed E-state index contributed by atoms with van der Waals surface area (Å²) in [5, 5.41) is 16.2. The Bertz CT molecular complexity index is 506. The molecule has 0 radical (unpaired) electrons. The third-order valence-electron chi connectivity index (χ3n) is 1.96. The first-order valence-corrected chi connectivity index (χ1v) is 5.49. The fraction of sp³-hybridized carbons (Fsp3) is 0.333. The van der Waals surface area contributed by atoms with Crippen LogP contribution in [0, 0.1) is 6.92 Å². The molecule has 2 aromatic heterocycles. The van der Waals surface area contributed by atoms with Crippen LogP contribution in [0.15, 0.2) is 9.93 Å². The Balaban J connectivity index is 2.14. The van der Waals surface area contributed by atoms with Gasteiger partial charge in [0.05, 0.1) is 17.6 Å². The maximum absolute atomic E-state index is 10.4. The van der Waals surface area contributed by atoms with Gasteiger partial charge in [-0.05, 0) is 6.92 Å². The minimum atomic E-state index is -0.881. The number of hydrogen-bond donors (Lipinski definition) is 1. The molecule has 0 fully saturated rings. The first kappa shape index (κ1) is 10.7. The molecule has 6 nitrogen and oxygen atoms in total. The van der Waals surface area contributed by atoms with Crippen molar-refractivity contribution in [2.24, 2.45) is 0 Å². The van der Waals surface area contributed by atoms with Crippen LogP contribution in [-0.2, 0) is 11.2 Å². The van der Waals surface area contributed by atoms with E-state index in [2.05, 4.69) is 15.2 Å². The maximum atomic E-state index is 10.4. The highest BCUT2D eigenvalue weighted by atomic mass is 32.1. The lowest BCUT2D eigenvalue weighted by Crippen LogP contribution is -1.97. The quantitative estimate of drug-likeness (QED) is 0.870. The van der Waals surface area contributed by atoms with Gasteiger partial charge in [-0.25, -0.2) is 4.98 Å². The summed E-state index contributed by atoms with van der Waals surface area (Å²) in [6, 6.07) is 0. The molecule has 2 heterocycles. The van der Waals surface area contributed by atoms with Crippen molar-refractivity contribution < 1.29 is 14.3 Å². The summed E-state index contributed by atoms with van der Waals surface area (Å²) in [5.41, 5.74) is 2.53. The fourth-order valence-electron chi connectivity index (χ4n) is 1.17. The van der Waals surface area contributed by atoms with Crippen LogP contribution in [-0.4, -0.2) is 26.3 Å². The van der Waals surface area contributed by atoms with Crippen LogP contribution in [0.5, 0.6) is 0 Å². The van der Waals surface area contributed by atoms with Crippen molar-refractivity contribution in [3.05, 3.63) is 17.1 Å². The molecule has 1 N–H and O–H groups in total. The van der Waals surface area contributed by atoms with Gasteiger partial charge in [-0.2, -0.15) is 0 Å². The van der Waals surface area contributed by atoms with Gasteiger partial charge in [-0.3, -0.25) is 4.79 Å². The SMILES string of the molecule is Cc1ncsc1-c1nnc(CCC(=O)O)o1. The molecule has 0 aliphatic carbocycles. The molecule has 0 unspecified atom stereocenters. The van der Waals surface area contributed by atoms with E-state index in [-0.39, 0.29) is 12.8 Å². The van der Waals surface area contributed by atoms with Crippen molar-refractivity contribution >= 4 is 17.3 Å². The molecular weight excluding hydrogens is 230 g/mol. The number of rotatable bonds is 4. The molecule has 7 heteroatoms. The highest BCUT2D eigenvalue weighted by Crippen LogP contribution is 2.25. The number of carboxylic acids is 1. The molecule has 0 aliphatic rings. The smallest absolute Gasteiger partial charge is 0.303 e. The van der Waals surface area contributed by atoms with Gasteiger partial charge in [0.25, 0.3) is 5.89 Å². The summed E-state index contributed by atoms with van der Waals surface area (Å²) in [6.07, 6.45) is 0.240. The van der Waals surface area contributed by atoms with Crippen LogP contribution in [0.1, 0.15) is 18.0 Å². The molecule has 16 heavy (non-hydrogen) atoms. The Kier molecular flexibility index (Phi) is 2.95. The van der Waals surface area contributed by atoms with E-state index < -0.39 is 5.97 Å². The van der Waals surface area contributed by atoms with E-state index in [0.29, 0.717) is 11.8 Å². The Morgan fingerprint density at radius 2 is 2.38 bits per heavy atom. The lowest BCUT2D eigenvalue weighted by Gasteiger charge is -1.90.